The Morgan fingerprint density at radius 3 is 2.57 bits per heavy atom. The fourth-order valence-electron chi connectivity index (χ4n) is 1.46. The second-order valence-electron chi connectivity index (χ2n) is 4.66. The SMILES string of the molecule is CC(Oc1nc(Nc2ccc(N)cc2)ncc1Br)[C@@H](C)O. The minimum atomic E-state index is -0.597. The average Bonchev–Trinajstić information content (AvgIpc) is 2.45. The van der Waals surface area contributed by atoms with Crippen LogP contribution in [0.5, 0.6) is 5.88 Å². The minimum absolute atomic E-state index is 0.372. The van der Waals surface area contributed by atoms with Gasteiger partial charge in [-0.3, -0.25) is 0 Å². The van der Waals surface area contributed by atoms with Gasteiger partial charge in [-0.05, 0) is 54.0 Å². The van der Waals surface area contributed by atoms with Crippen LogP contribution in [-0.2, 0) is 0 Å². The van der Waals surface area contributed by atoms with Crippen LogP contribution in [0.1, 0.15) is 13.8 Å². The quantitative estimate of drug-likeness (QED) is 0.716. The highest BCUT2D eigenvalue weighted by molar-refractivity contribution is 9.10. The van der Waals surface area contributed by atoms with Crippen molar-refractivity contribution in [2.24, 2.45) is 0 Å². The Balaban J connectivity index is 2.16. The largest absolute Gasteiger partial charge is 0.471 e. The molecule has 0 amide bonds. The monoisotopic (exact) mass is 352 g/mol. The molecule has 2 rings (SSSR count). The number of hydrogen-bond donors (Lipinski definition) is 3. The highest BCUT2D eigenvalue weighted by Crippen LogP contribution is 2.25. The standard InChI is InChI=1S/C14H17BrN4O2/c1-8(20)9(2)21-13-12(15)7-17-14(19-13)18-11-5-3-10(16)4-6-11/h3-9,20H,16H2,1-2H3,(H,17,18,19)/t8-,9?/m1/s1. The van der Waals surface area contributed by atoms with Crippen LogP contribution in [0.15, 0.2) is 34.9 Å². The number of hydrogen-bond acceptors (Lipinski definition) is 6. The van der Waals surface area contributed by atoms with Crippen LogP contribution >= 0.6 is 15.9 Å². The van der Waals surface area contributed by atoms with E-state index in [1.54, 1.807) is 32.2 Å². The van der Waals surface area contributed by atoms with Gasteiger partial charge < -0.3 is 20.9 Å². The Bertz CT molecular complexity index is 604. The Hall–Kier alpha value is -1.86. The first-order valence-electron chi connectivity index (χ1n) is 6.45. The van der Waals surface area contributed by atoms with Crippen molar-refractivity contribution >= 4 is 33.3 Å². The number of nitrogens with one attached hydrogen (secondary N) is 1. The molecular formula is C14H17BrN4O2. The van der Waals surface area contributed by atoms with Crippen LogP contribution < -0.4 is 15.8 Å². The van der Waals surface area contributed by atoms with Crippen molar-refractivity contribution in [3.05, 3.63) is 34.9 Å². The zero-order chi connectivity index (χ0) is 15.4. The molecule has 0 spiro atoms. The molecule has 2 atom stereocenters. The number of halogens is 1. The molecule has 1 unspecified atom stereocenters. The molecule has 0 radical (unpaired) electrons. The minimum Gasteiger partial charge on any atom is -0.471 e. The van der Waals surface area contributed by atoms with Gasteiger partial charge in [0.1, 0.15) is 6.10 Å². The number of aliphatic hydroxyl groups excluding tert-OH is 1. The van der Waals surface area contributed by atoms with Gasteiger partial charge in [0.15, 0.2) is 0 Å². The fraction of sp³-hybridized carbons (Fsp3) is 0.286. The first kappa shape index (κ1) is 15.5. The number of nitrogen functional groups attached to an aromatic ring is 1. The van der Waals surface area contributed by atoms with E-state index in [2.05, 4.69) is 31.2 Å². The average molecular weight is 353 g/mol. The second kappa shape index (κ2) is 6.73. The van der Waals surface area contributed by atoms with Gasteiger partial charge in [0.2, 0.25) is 11.8 Å². The molecule has 21 heavy (non-hydrogen) atoms. The summed E-state index contributed by atoms with van der Waals surface area (Å²) in [6.45, 7) is 3.43. The van der Waals surface area contributed by atoms with E-state index in [1.807, 2.05) is 12.1 Å². The number of rotatable bonds is 5. The maximum atomic E-state index is 9.49. The Morgan fingerprint density at radius 2 is 1.95 bits per heavy atom. The lowest BCUT2D eigenvalue weighted by atomic mass is 10.3. The number of aliphatic hydroxyl groups is 1. The molecule has 4 N–H and O–H groups in total. The molecule has 1 aromatic heterocycles. The molecule has 0 saturated heterocycles. The number of benzene rings is 1. The van der Waals surface area contributed by atoms with Crippen LogP contribution in [0, 0.1) is 0 Å². The zero-order valence-corrected chi connectivity index (χ0v) is 13.3. The summed E-state index contributed by atoms with van der Waals surface area (Å²) in [5, 5.41) is 12.6. The molecule has 1 aromatic carbocycles. The van der Waals surface area contributed by atoms with E-state index in [9.17, 15) is 5.11 Å². The second-order valence-corrected chi connectivity index (χ2v) is 5.51. The summed E-state index contributed by atoms with van der Waals surface area (Å²) >= 11 is 3.33. The molecule has 0 aliphatic heterocycles. The van der Waals surface area contributed by atoms with E-state index in [0.717, 1.165) is 5.69 Å². The van der Waals surface area contributed by atoms with Crippen molar-refractivity contribution in [1.29, 1.82) is 0 Å². The van der Waals surface area contributed by atoms with Gasteiger partial charge in [0.25, 0.3) is 0 Å². The Labute approximate surface area is 131 Å². The lowest BCUT2D eigenvalue weighted by molar-refractivity contribution is 0.0569. The van der Waals surface area contributed by atoms with Crippen LogP contribution in [-0.4, -0.2) is 27.3 Å². The normalized spacial score (nSPS) is 13.5. The van der Waals surface area contributed by atoms with Crippen molar-refractivity contribution in [2.75, 3.05) is 11.1 Å². The molecule has 0 bridgehead atoms. The summed E-state index contributed by atoms with van der Waals surface area (Å²) in [6.07, 6.45) is 0.623. The van der Waals surface area contributed by atoms with E-state index in [4.69, 9.17) is 10.5 Å². The molecule has 1 heterocycles. The third-order valence-corrected chi connectivity index (χ3v) is 3.40. The number of nitrogens with two attached hydrogens (primary N) is 1. The maximum Gasteiger partial charge on any atom is 0.233 e. The van der Waals surface area contributed by atoms with Crippen molar-refractivity contribution < 1.29 is 9.84 Å². The summed E-state index contributed by atoms with van der Waals surface area (Å²) < 4.78 is 6.22. The fourth-order valence-corrected chi connectivity index (χ4v) is 1.75. The van der Waals surface area contributed by atoms with Gasteiger partial charge in [-0.1, -0.05) is 0 Å². The van der Waals surface area contributed by atoms with Gasteiger partial charge in [-0.25, -0.2) is 4.98 Å². The third-order valence-electron chi connectivity index (χ3n) is 2.86. The zero-order valence-electron chi connectivity index (χ0n) is 11.7. The molecule has 2 aromatic rings. The third kappa shape index (κ3) is 4.30. The van der Waals surface area contributed by atoms with Crippen molar-refractivity contribution in [3.8, 4) is 5.88 Å². The van der Waals surface area contributed by atoms with Crippen LogP contribution in [0.25, 0.3) is 0 Å². The summed E-state index contributed by atoms with van der Waals surface area (Å²) in [5.41, 5.74) is 7.15. The first-order chi connectivity index (χ1) is 9.95. The molecular weight excluding hydrogens is 336 g/mol. The van der Waals surface area contributed by atoms with E-state index < -0.39 is 6.10 Å². The lowest BCUT2D eigenvalue weighted by Gasteiger charge is -2.17. The van der Waals surface area contributed by atoms with Crippen molar-refractivity contribution in [1.82, 2.24) is 9.97 Å². The lowest BCUT2D eigenvalue weighted by Crippen LogP contribution is -2.26. The topological polar surface area (TPSA) is 93.3 Å². The van der Waals surface area contributed by atoms with Gasteiger partial charge in [0, 0.05) is 11.4 Å². The Kier molecular flexibility index (Phi) is 4.98. The van der Waals surface area contributed by atoms with Gasteiger partial charge in [0.05, 0.1) is 16.8 Å². The Morgan fingerprint density at radius 1 is 1.29 bits per heavy atom. The van der Waals surface area contributed by atoms with E-state index in [-0.39, 0.29) is 6.10 Å². The van der Waals surface area contributed by atoms with Crippen LogP contribution in [0.4, 0.5) is 17.3 Å². The number of ether oxygens (including phenoxy) is 1. The number of aromatic nitrogens is 2. The van der Waals surface area contributed by atoms with Gasteiger partial charge in [-0.2, -0.15) is 4.98 Å². The molecule has 0 aliphatic rings. The van der Waals surface area contributed by atoms with E-state index >= 15 is 0 Å². The number of nitrogens with zero attached hydrogens (tertiary/aromatic N) is 2. The highest BCUT2D eigenvalue weighted by Gasteiger charge is 2.14. The van der Waals surface area contributed by atoms with E-state index in [1.165, 1.54) is 0 Å². The molecule has 0 fully saturated rings. The van der Waals surface area contributed by atoms with Gasteiger partial charge >= 0.3 is 0 Å². The maximum absolute atomic E-state index is 9.49. The summed E-state index contributed by atoms with van der Waals surface area (Å²) in [6, 6.07) is 7.24. The number of anilines is 3. The molecule has 0 saturated carbocycles. The van der Waals surface area contributed by atoms with Crippen LogP contribution in [0.3, 0.4) is 0 Å². The van der Waals surface area contributed by atoms with Crippen LogP contribution in [0.2, 0.25) is 0 Å². The summed E-state index contributed by atoms with van der Waals surface area (Å²) in [5.74, 6) is 0.770. The highest BCUT2D eigenvalue weighted by atomic mass is 79.9. The molecule has 0 aliphatic carbocycles. The van der Waals surface area contributed by atoms with Gasteiger partial charge in [-0.15, -0.1) is 0 Å². The first-order valence-corrected chi connectivity index (χ1v) is 7.25. The smallest absolute Gasteiger partial charge is 0.233 e. The molecule has 7 heteroatoms. The molecule has 112 valence electrons. The predicted octanol–water partition coefficient (Wildman–Crippen LogP) is 2.71. The summed E-state index contributed by atoms with van der Waals surface area (Å²) in [4.78, 5) is 8.44. The van der Waals surface area contributed by atoms with Crippen molar-refractivity contribution in [2.45, 2.75) is 26.1 Å². The van der Waals surface area contributed by atoms with E-state index in [0.29, 0.717) is 22.0 Å². The van der Waals surface area contributed by atoms with Crippen molar-refractivity contribution in [3.63, 3.8) is 0 Å². The molecule has 6 nitrogen and oxygen atoms in total. The predicted molar refractivity (Wildman–Crippen MR) is 85.6 cm³/mol. The summed E-state index contributed by atoms with van der Waals surface area (Å²) in [7, 11) is 0.